The van der Waals surface area contributed by atoms with E-state index in [1.807, 2.05) is 27.0 Å². The van der Waals surface area contributed by atoms with Gasteiger partial charge in [0.1, 0.15) is 5.82 Å². The maximum Gasteiger partial charge on any atom is 0.228 e. The Balaban J connectivity index is 2.67. The van der Waals surface area contributed by atoms with Gasteiger partial charge in [0.2, 0.25) is 5.91 Å². The smallest absolute Gasteiger partial charge is 0.228 e. The summed E-state index contributed by atoms with van der Waals surface area (Å²) < 4.78 is 1.68. The molecule has 1 rings (SSSR count). The molecule has 5 heteroatoms. The summed E-state index contributed by atoms with van der Waals surface area (Å²) in [6, 6.07) is 1.90. The van der Waals surface area contributed by atoms with E-state index in [1.165, 1.54) is 0 Å². The molecule has 1 heterocycles. The topological polar surface area (TPSA) is 67.2 Å². The van der Waals surface area contributed by atoms with E-state index in [1.54, 1.807) is 4.68 Å². The summed E-state index contributed by atoms with van der Waals surface area (Å²) >= 11 is 0. The van der Waals surface area contributed by atoms with Crippen LogP contribution < -0.4 is 5.32 Å². The number of rotatable bonds is 9. The van der Waals surface area contributed by atoms with E-state index in [2.05, 4.69) is 17.3 Å². The summed E-state index contributed by atoms with van der Waals surface area (Å²) in [4.78, 5) is 12.2. The van der Waals surface area contributed by atoms with Crippen molar-refractivity contribution in [3.63, 3.8) is 0 Å². The molecule has 5 nitrogen and oxygen atoms in total. The Morgan fingerprint density at radius 3 is 2.43 bits per heavy atom. The summed E-state index contributed by atoms with van der Waals surface area (Å²) in [5.41, 5.74) is 0.0889. The molecule has 0 aromatic carbocycles. The van der Waals surface area contributed by atoms with E-state index in [-0.39, 0.29) is 12.3 Å². The van der Waals surface area contributed by atoms with Crippen molar-refractivity contribution in [2.24, 2.45) is 7.05 Å². The van der Waals surface area contributed by atoms with Crippen molar-refractivity contribution >= 4 is 11.7 Å². The molecule has 0 atom stereocenters. The van der Waals surface area contributed by atoms with Crippen LogP contribution in [0.1, 0.15) is 65.0 Å². The SMILES string of the molecule is CCCc1cc(NC(=O)CC(O)(CCC)CCC)n(C)n1. The van der Waals surface area contributed by atoms with Crippen LogP contribution in [0.25, 0.3) is 0 Å². The first kappa shape index (κ1) is 17.7. The second kappa shape index (κ2) is 8.17. The minimum absolute atomic E-state index is 0.142. The quantitative estimate of drug-likeness (QED) is 0.736. The lowest BCUT2D eigenvalue weighted by Gasteiger charge is -2.26. The van der Waals surface area contributed by atoms with Crippen LogP contribution in [0, 0.1) is 0 Å². The predicted octanol–water partition coefficient (Wildman–Crippen LogP) is 3.03. The number of aromatic nitrogens is 2. The fourth-order valence-electron chi connectivity index (χ4n) is 2.74. The van der Waals surface area contributed by atoms with Crippen LogP contribution in [0.2, 0.25) is 0 Å². The maximum atomic E-state index is 12.2. The first-order valence-electron chi connectivity index (χ1n) is 7.99. The Hall–Kier alpha value is -1.36. The van der Waals surface area contributed by atoms with Gasteiger partial charge in [-0.05, 0) is 19.3 Å². The van der Waals surface area contributed by atoms with Gasteiger partial charge in [-0.3, -0.25) is 9.48 Å². The fourth-order valence-corrected chi connectivity index (χ4v) is 2.74. The Morgan fingerprint density at radius 2 is 1.90 bits per heavy atom. The van der Waals surface area contributed by atoms with Gasteiger partial charge < -0.3 is 10.4 Å². The highest BCUT2D eigenvalue weighted by molar-refractivity contribution is 5.90. The molecule has 120 valence electrons. The van der Waals surface area contributed by atoms with Crippen LogP contribution in [0.5, 0.6) is 0 Å². The van der Waals surface area contributed by atoms with Gasteiger partial charge in [-0.25, -0.2) is 0 Å². The van der Waals surface area contributed by atoms with Crippen molar-refractivity contribution in [1.82, 2.24) is 9.78 Å². The van der Waals surface area contributed by atoms with Crippen molar-refractivity contribution in [1.29, 1.82) is 0 Å². The largest absolute Gasteiger partial charge is 0.389 e. The van der Waals surface area contributed by atoms with Crippen LogP contribution in [-0.4, -0.2) is 26.4 Å². The second-order valence-corrected chi connectivity index (χ2v) is 5.84. The van der Waals surface area contributed by atoms with Gasteiger partial charge in [0, 0.05) is 13.1 Å². The zero-order chi connectivity index (χ0) is 15.9. The number of hydrogen-bond acceptors (Lipinski definition) is 3. The van der Waals surface area contributed by atoms with Crippen molar-refractivity contribution in [3.05, 3.63) is 11.8 Å². The molecule has 0 aliphatic heterocycles. The third kappa shape index (κ3) is 5.50. The molecular weight excluding hydrogens is 266 g/mol. The van der Waals surface area contributed by atoms with E-state index in [4.69, 9.17) is 0 Å². The fraction of sp³-hybridized carbons (Fsp3) is 0.750. The summed E-state index contributed by atoms with van der Waals surface area (Å²) in [6.07, 6.45) is 5.12. The van der Waals surface area contributed by atoms with Gasteiger partial charge in [-0.15, -0.1) is 0 Å². The standard InChI is InChI=1S/C16H29N3O2/c1-5-8-13-11-14(19(4)18-13)17-15(20)12-16(21,9-6-2)10-7-3/h11,21H,5-10,12H2,1-4H3,(H,17,20). The summed E-state index contributed by atoms with van der Waals surface area (Å²) in [5.74, 6) is 0.546. The lowest BCUT2D eigenvalue weighted by atomic mass is 9.89. The molecule has 0 spiro atoms. The van der Waals surface area contributed by atoms with E-state index < -0.39 is 5.60 Å². The maximum absolute atomic E-state index is 12.2. The summed E-state index contributed by atoms with van der Waals surface area (Å²) in [7, 11) is 1.82. The molecule has 0 unspecified atom stereocenters. The van der Waals surface area contributed by atoms with Crippen molar-refractivity contribution in [2.75, 3.05) is 5.32 Å². The number of anilines is 1. The van der Waals surface area contributed by atoms with E-state index in [9.17, 15) is 9.90 Å². The molecule has 2 N–H and O–H groups in total. The normalized spacial score (nSPS) is 11.7. The van der Waals surface area contributed by atoms with Crippen LogP contribution >= 0.6 is 0 Å². The monoisotopic (exact) mass is 295 g/mol. The van der Waals surface area contributed by atoms with E-state index >= 15 is 0 Å². The van der Waals surface area contributed by atoms with Gasteiger partial charge in [-0.1, -0.05) is 40.0 Å². The molecule has 0 fully saturated rings. The lowest BCUT2D eigenvalue weighted by molar-refractivity contribution is -0.121. The van der Waals surface area contributed by atoms with Crippen LogP contribution in [0.15, 0.2) is 6.07 Å². The lowest BCUT2D eigenvalue weighted by Crippen LogP contribution is -2.34. The third-order valence-electron chi connectivity index (χ3n) is 3.62. The summed E-state index contributed by atoms with van der Waals surface area (Å²) in [6.45, 7) is 6.15. The number of carbonyl (C=O) groups excluding carboxylic acids is 1. The highest BCUT2D eigenvalue weighted by Gasteiger charge is 2.28. The zero-order valence-electron chi connectivity index (χ0n) is 13.8. The minimum atomic E-state index is -0.890. The Labute approximate surface area is 127 Å². The molecule has 0 aliphatic carbocycles. The molecule has 21 heavy (non-hydrogen) atoms. The van der Waals surface area contributed by atoms with Crippen LogP contribution in [0.4, 0.5) is 5.82 Å². The molecule has 1 aromatic rings. The first-order chi connectivity index (χ1) is 9.94. The Bertz CT molecular complexity index is 448. The van der Waals surface area contributed by atoms with Crippen LogP contribution in [-0.2, 0) is 18.3 Å². The molecule has 0 aliphatic rings. The molecule has 1 amide bonds. The number of aryl methyl sites for hydroxylation is 2. The molecule has 0 radical (unpaired) electrons. The molecule has 1 aromatic heterocycles. The van der Waals surface area contributed by atoms with Gasteiger partial charge in [0.15, 0.2) is 0 Å². The molecule has 0 bridgehead atoms. The highest BCUT2D eigenvalue weighted by atomic mass is 16.3. The first-order valence-corrected chi connectivity index (χ1v) is 7.99. The van der Waals surface area contributed by atoms with Gasteiger partial charge in [0.25, 0.3) is 0 Å². The van der Waals surface area contributed by atoms with E-state index in [0.29, 0.717) is 18.7 Å². The third-order valence-corrected chi connectivity index (χ3v) is 3.62. The number of hydrogen-bond donors (Lipinski definition) is 2. The molecule has 0 saturated heterocycles. The minimum Gasteiger partial charge on any atom is -0.389 e. The Morgan fingerprint density at radius 1 is 1.29 bits per heavy atom. The number of carbonyl (C=O) groups is 1. The average molecular weight is 295 g/mol. The zero-order valence-corrected chi connectivity index (χ0v) is 13.8. The van der Waals surface area contributed by atoms with Gasteiger partial charge in [0.05, 0.1) is 17.7 Å². The van der Waals surface area contributed by atoms with Crippen LogP contribution in [0.3, 0.4) is 0 Å². The molecular formula is C16H29N3O2. The van der Waals surface area contributed by atoms with Crippen molar-refractivity contribution < 1.29 is 9.90 Å². The van der Waals surface area contributed by atoms with E-state index in [0.717, 1.165) is 31.4 Å². The Kier molecular flexibility index (Phi) is 6.89. The van der Waals surface area contributed by atoms with Crippen molar-refractivity contribution in [3.8, 4) is 0 Å². The predicted molar refractivity (Wildman–Crippen MR) is 85.2 cm³/mol. The number of aliphatic hydroxyl groups is 1. The second-order valence-electron chi connectivity index (χ2n) is 5.84. The number of nitrogens with zero attached hydrogens (tertiary/aromatic N) is 2. The molecule has 0 saturated carbocycles. The van der Waals surface area contributed by atoms with Gasteiger partial charge >= 0.3 is 0 Å². The summed E-state index contributed by atoms with van der Waals surface area (Å²) in [5, 5.41) is 17.8. The number of nitrogens with one attached hydrogen (secondary N) is 1. The average Bonchev–Trinajstić information content (AvgIpc) is 2.70. The highest BCUT2D eigenvalue weighted by Crippen LogP contribution is 2.24. The van der Waals surface area contributed by atoms with Crippen molar-refractivity contribution in [2.45, 2.75) is 71.3 Å². The van der Waals surface area contributed by atoms with Gasteiger partial charge in [-0.2, -0.15) is 5.10 Å². The number of amides is 1.